The van der Waals surface area contributed by atoms with Crippen molar-refractivity contribution in [3.8, 4) is 0 Å². The summed E-state index contributed by atoms with van der Waals surface area (Å²) in [7, 11) is 0. The highest BCUT2D eigenvalue weighted by Gasteiger charge is 2.54. The van der Waals surface area contributed by atoms with Crippen molar-refractivity contribution in [3.05, 3.63) is 53.1 Å². The number of carbonyl (C=O) groups is 1. The fourth-order valence-electron chi connectivity index (χ4n) is 5.65. The molecule has 0 amide bonds. The second-order valence-electron chi connectivity index (χ2n) is 11.8. The van der Waals surface area contributed by atoms with Gasteiger partial charge < -0.3 is 15.8 Å². The van der Waals surface area contributed by atoms with Crippen LogP contribution in [0, 0.1) is 16.7 Å². The molecule has 0 spiro atoms. The summed E-state index contributed by atoms with van der Waals surface area (Å²) in [6, 6.07) is 9.08. The molecular formula is C31H52N2O2. The van der Waals surface area contributed by atoms with Crippen LogP contribution in [0.5, 0.6) is 0 Å². The molecule has 198 valence electrons. The normalized spacial score (nSPS) is 26.8. The quantitative estimate of drug-likeness (QED) is 0.431. The number of carbonyl (C=O) groups excluding carboxylic acids is 1. The van der Waals surface area contributed by atoms with Crippen molar-refractivity contribution in [2.45, 2.75) is 106 Å². The van der Waals surface area contributed by atoms with Gasteiger partial charge in [0.05, 0.1) is 0 Å². The van der Waals surface area contributed by atoms with Gasteiger partial charge in [-0.25, -0.2) is 4.79 Å². The predicted molar refractivity (Wildman–Crippen MR) is 151 cm³/mol. The van der Waals surface area contributed by atoms with Gasteiger partial charge in [0.1, 0.15) is 5.60 Å². The van der Waals surface area contributed by atoms with Crippen LogP contribution in [0.15, 0.2) is 42.0 Å². The third-order valence-electron chi connectivity index (χ3n) is 8.33. The van der Waals surface area contributed by atoms with E-state index < -0.39 is 5.60 Å². The first-order valence-electron chi connectivity index (χ1n) is 13.5. The number of rotatable bonds is 5. The van der Waals surface area contributed by atoms with Crippen LogP contribution in [0.4, 0.5) is 0 Å². The number of hydrogen-bond donors (Lipinski definition) is 2. The molecule has 3 atom stereocenters. The lowest BCUT2D eigenvalue weighted by Gasteiger charge is -2.46. The minimum absolute atomic E-state index is 0. The largest absolute Gasteiger partial charge is 0.457 e. The first-order chi connectivity index (χ1) is 16.4. The standard InChI is InChI=1S/C29H44N2O2.C2H6.H2/c1-8-24(30)21-14-12-20(13-15-21)18-25-28(5,6)29(7,19-31-25)23-11-9-10-22(16-17-23)26(32)33-27(2,3)4;1-2;/h8,10,12-15,23,25,31H,9,11,16-19,30H2,1-7H3;1-2H3;1H/b24-8-;;. The highest BCUT2D eigenvalue weighted by Crippen LogP contribution is 2.54. The van der Waals surface area contributed by atoms with Gasteiger partial charge in [-0.3, -0.25) is 0 Å². The molecule has 3 rings (SSSR count). The Balaban J connectivity index is 0.00000211. The van der Waals surface area contributed by atoms with Crippen LogP contribution in [0.1, 0.15) is 101 Å². The van der Waals surface area contributed by atoms with Gasteiger partial charge in [-0.05, 0) is 87.7 Å². The van der Waals surface area contributed by atoms with Crippen LogP contribution < -0.4 is 11.1 Å². The van der Waals surface area contributed by atoms with Crippen LogP contribution in [0.2, 0.25) is 0 Å². The molecule has 3 unspecified atom stereocenters. The molecule has 1 aromatic carbocycles. The number of esters is 1. The van der Waals surface area contributed by atoms with E-state index >= 15 is 0 Å². The molecule has 1 aliphatic heterocycles. The third kappa shape index (κ3) is 6.78. The maximum atomic E-state index is 12.6. The maximum absolute atomic E-state index is 12.6. The fraction of sp³-hybridized carbons (Fsp3) is 0.645. The summed E-state index contributed by atoms with van der Waals surface area (Å²) in [5.41, 5.74) is 10.0. The molecule has 0 radical (unpaired) electrons. The minimum Gasteiger partial charge on any atom is -0.457 e. The lowest BCUT2D eigenvalue weighted by molar-refractivity contribution is -0.150. The van der Waals surface area contributed by atoms with Gasteiger partial charge in [0, 0.05) is 25.3 Å². The molecule has 1 aliphatic carbocycles. The van der Waals surface area contributed by atoms with E-state index in [1.54, 1.807) is 0 Å². The molecule has 4 heteroatoms. The summed E-state index contributed by atoms with van der Waals surface area (Å²) >= 11 is 0. The molecule has 35 heavy (non-hydrogen) atoms. The number of ether oxygens (including phenoxy) is 1. The fourth-order valence-corrected chi connectivity index (χ4v) is 5.65. The lowest BCUT2D eigenvalue weighted by Crippen LogP contribution is -2.44. The molecule has 1 heterocycles. The van der Waals surface area contributed by atoms with E-state index in [-0.39, 0.29) is 18.2 Å². The van der Waals surface area contributed by atoms with Gasteiger partial charge in [0.25, 0.3) is 0 Å². The zero-order chi connectivity index (χ0) is 26.4. The van der Waals surface area contributed by atoms with Crippen molar-refractivity contribution in [3.63, 3.8) is 0 Å². The molecule has 1 saturated heterocycles. The first-order valence-corrected chi connectivity index (χ1v) is 13.5. The second kappa shape index (κ2) is 11.8. The molecule has 1 fully saturated rings. The topological polar surface area (TPSA) is 64.3 Å². The molecular weight excluding hydrogens is 432 g/mol. The van der Waals surface area contributed by atoms with E-state index in [0.29, 0.717) is 12.0 Å². The van der Waals surface area contributed by atoms with Gasteiger partial charge in [0.15, 0.2) is 0 Å². The number of allylic oxidation sites excluding steroid dienone is 2. The van der Waals surface area contributed by atoms with E-state index in [4.69, 9.17) is 10.5 Å². The highest BCUT2D eigenvalue weighted by molar-refractivity contribution is 5.88. The Bertz CT molecular complexity index is 911. The average molecular weight is 485 g/mol. The molecule has 0 bridgehead atoms. The number of hydrogen-bond acceptors (Lipinski definition) is 4. The number of nitrogens with one attached hydrogen (secondary N) is 1. The minimum atomic E-state index is -0.447. The van der Waals surface area contributed by atoms with Gasteiger partial charge >= 0.3 is 5.97 Å². The number of nitrogens with two attached hydrogens (primary N) is 1. The van der Waals surface area contributed by atoms with Gasteiger partial charge in [-0.15, -0.1) is 0 Å². The van der Waals surface area contributed by atoms with Crippen LogP contribution in [0.25, 0.3) is 5.70 Å². The zero-order valence-corrected chi connectivity index (χ0v) is 23.8. The van der Waals surface area contributed by atoms with Gasteiger partial charge in [-0.1, -0.05) is 71.0 Å². The van der Waals surface area contributed by atoms with Crippen LogP contribution in [-0.4, -0.2) is 24.2 Å². The number of benzene rings is 1. The van der Waals surface area contributed by atoms with Crippen molar-refractivity contribution >= 4 is 11.7 Å². The summed E-state index contributed by atoms with van der Waals surface area (Å²) < 4.78 is 5.64. The molecule has 0 aromatic heterocycles. The monoisotopic (exact) mass is 484 g/mol. The first kappa shape index (κ1) is 29.2. The summed E-state index contributed by atoms with van der Waals surface area (Å²) in [5.74, 6) is 0.426. The predicted octanol–water partition coefficient (Wildman–Crippen LogP) is 7.28. The highest BCUT2D eigenvalue weighted by atomic mass is 16.6. The SMILES string of the molecule is C/C=C(\N)c1ccc(CC2NCC(C)(C3CCC=C(C(=O)OC(C)(C)C)CC3)C2(C)C)cc1.CC.[HH]. The summed E-state index contributed by atoms with van der Waals surface area (Å²) in [4.78, 5) is 12.6. The smallest absolute Gasteiger partial charge is 0.334 e. The molecule has 4 nitrogen and oxygen atoms in total. The Labute approximate surface area is 216 Å². The van der Waals surface area contributed by atoms with Crippen molar-refractivity contribution in [1.82, 2.24) is 5.32 Å². The van der Waals surface area contributed by atoms with E-state index in [0.717, 1.165) is 55.5 Å². The summed E-state index contributed by atoms with van der Waals surface area (Å²) in [6.45, 7) is 20.1. The van der Waals surface area contributed by atoms with E-state index in [1.165, 1.54) is 5.56 Å². The van der Waals surface area contributed by atoms with Gasteiger partial charge in [0.2, 0.25) is 0 Å². The van der Waals surface area contributed by atoms with Crippen molar-refractivity contribution in [2.75, 3.05) is 6.54 Å². The molecule has 1 aromatic rings. The van der Waals surface area contributed by atoms with Crippen molar-refractivity contribution in [2.24, 2.45) is 22.5 Å². The molecule has 2 aliphatic rings. The lowest BCUT2D eigenvalue weighted by atomic mass is 9.57. The third-order valence-corrected chi connectivity index (χ3v) is 8.33. The van der Waals surface area contributed by atoms with Gasteiger partial charge in [-0.2, -0.15) is 0 Å². The summed E-state index contributed by atoms with van der Waals surface area (Å²) in [5, 5.41) is 3.87. The van der Waals surface area contributed by atoms with E-state index in [9.17, 15) is 4.79 Å². The van der Waals surface area contributed by atoms with Crippen LogP contribution in [0.3, 0.4) is 0 Å². The van der Waals surface area contributed by atoms with E-state index in [2.05, 4.69) is 56.4 Å². The maximum Gasteiger partial charge on any atom is 0.334 e. The molecule has 3 N–H and O–H groups in total. The Hall–Kier alpha value is -2.07. The Morgan fingerprint density at radius 3 is 2.37 bits per heavy atom. The Morgan fingerprint density at radius 1 is 1.17 bits per heavy atom. The molecule has 0 saturated carbocycles. The van der Waals surface area contributed by atoms with Crippen molar-refractivity contribution in [1.29, 1.82) is 0 Å². The Morgan fingerprint density at radius 2 is 1.80 bits per heavy atom. The Kier molecular flexibility index (Phi) is 9.81. The zero-order valence-electron chi connectivity index (χ0n) is 23.8. The van der Waals surface area contributed by atoms with Crippen LogP contribution >= 0.6 is 0 Å². The average Bonchev–Trinajstić information content (AvgIpc) is 2.98. The summed E-state index contributed by atoms with van der Waals surface area (Å²) in [6.07, 6.45) is 8.99. The van der Waals surface area contributed by atoms with Crippen LogP contribution in [-0.2, 0) is 16.0 Å². The van der Waals surface area contributed by atoms with E-state index in [1.807, 2.05) is 47.6 Å². The van der Waals surface area contributed by atoms with Crippen molar-refractivity contribution < 1.29 is 11.0 Å². The second-order valence-corrected chi connectivity index (χ2v) is 11.8.